The molecule has 0 atom stereocenters. The largest absolute Gasteiger partial charge is 0.379 e. The predicted octanol–water partition coefficient (Wildman–Crippen LogP) is 2.47. The van der Waals surface area contributed by atoms with Crippen LogP contribution in [0.2, 0.25) is 0 Å². The number of aryl methyl sites for hydroxylation is 1. The third kappa shape index (κ3) is 2.34. The first-order valence-corrected chi connectivity index (χ1v) is 4.74. The van der Waals surface area contributed by atoms with Gasteiger partial charge in [-0.15, -0.1) is 0 Å². The molecule has 0 aliphatic carbocycles. The number of halogens is 1. The zero-order chi connectivity index (χ0) is 10.7. The molecule has 0 spiro atoms. The van der Waals surface area contributed by atoms with Gasteiger partial charge in [0.1, 0.15) is 5.82 Å². The fourth-order valence-corrected chi connectivity index (χ4v) is 1.32. The van der Waals surface area contributed by atoms with Crippen molar-refractivity contribution in [2.24, 2.45) is 0 Å². The van der Waals surface area contributed by atoms with Crippen molar-refractivity contribution in [3.05, 3.63) is 47.8 Å². The normalized spacial score (nSPS) is 10.3. The standard InChI is InChI=1S/C11H12FN3/c1-8-11(15-7-14-8)6-13-10-4-2-9(12)3-5-10/h2-5,7,13H,6H2,1H3,(H,14,15). The minimum Gasteiger partial charge on any atom is -0.379 e. The van der Waals surface area contributed by atoms with Crippen molar-refractivity contribution in [1.82, 2.24) is 9.97 Å². The van der Waals surface area contributed by atoms with Crippen LogP contribution in [0.3, 0.4) is 0 Å². The SMILES string of the molecule is Cc1[nH]cnc1CNc1ccc(F)cc1. The van der Waals surface area contributed by atoms with E-state index >= 15 is 0 Å². The molecular weight excluding hydrogens is 193 g/mol. The van der Waals surface area contributed by atoms with Gasteiger partial charge in [0, 0.05) is 11.4 Å². The number of imidazole rings is 1. The Hall–Kier alpha value is -1.84. The zero-order valence-electron chi connectivity index (χ0n) is 8.42. The van der Waals surface area contributed by atoms with E-state index in [0.29, 0.717) is 6.54 Å². The number of hydrogen-bond donors (Lipinski definition) is 2. The number of aromatic amines is 1. The van der Waals surface area contributed by atoms with Crippen molar-refractivity contribution in [3.63, 3.8) is 0 Å². The summed E-state index contributed by atoms with van der Waals surface area (Å²) in [5.41, 5.74) is 2.91. The fourth-order valence-electron chi connectivity index (χ4n) is 1.32. The average Bonchev–Trinajstić information content (AvgIpc) is 2.63. The van der Waals surface area contributed by atoms with E-state index in [2.05, 4.69) is 15.3 Å². The van der Waals surface area contributed by atoms with E-state index in [4.69, 9.17) is 0 Å². The molecule has 1 aromatic heterocycles. The summed E-state index contributed by atoms with van der Waals surface area (Å²) in [6.07, 6.45) is 1.66. The van der Waals surface area contributed by atoms with Gasteiger partial charge in [-0.2, -0.15) is 0 Å². The van der Waals surface area contributed by atoms with Crippen LogP contribution in [-0.4, -0.2) is 9.97 Å². The summed E-state index contributed by atoms with van der Waals surface area (Å²) in [6, 6.07) is 6.27. The first kappa shape index (κ1) is 9.71. The molecule has 0 aliphatic heterocycles. The van der Waals surface area contributed by atoms with Crippen LogP contribution in [0.25, 0.3) is 0 Å². The Morgan fingerprint density at radius 3 is 2.67 bits per heavy atom. The maximum atomic E-state index is 12.6. The van der Waals surface area contributed by atoms with Gasteiger partial charge in [0.05, 0.1) is 18.6 Å². The van der Waals surface area contributed by atoms with Crippen LogP contribution in [0, 0.1) is 12.7 Å². The van der Waals surface area contributed by atoms with E-state index in [1.54, 1.807) is 18.5 Å². The highest BCUT2D eigenvalue weighted by atomic mass is 19.1. The molecule has 0 saturated heterocycles. The van der Waals surface area contributed by atoms with E-state index in [0.717, 1.165) is 17.1 Å². The molecule has 0 amide bonds. The molecule has 1 aromatic carbocycles. The second kappa shape index (κ2) is 4.13. The van der Waals surface area contributed by atoms with Crippen molar-refractivity contribution in [2.45, 2.75) is 13.5 Å². The molecule has 3 nitrogen and oxygen atoms in total. The van der Waals surface area contributed by atoms with Crippen LogP contribution >= 0.6 is 0 Å². The summed E-state index contributed by atoms with van der Waals surface area (Å²) in [5.74, 6) is -0.225. The molecule has 2 rings (SSSR count). The summed E-state index contributed by atoms with van der Waals surface area (Å²) in [7, 11) is 0. The van der Waals surface area contributed by atoms with Crippen LogP contribution in [0.4, 0.5) is 10.1 Å². The molecule has 1 heterocycles. The van der Waals surface area contributed by atoms with Gasteiger partial charge in [-0.25, -0.2) is 9.37 Å². The van der Waals surface area contributed by atoms with Gasteiger partial charge in [-0.1, -0.05) is 0 Å². The first-order valence-electron chi connectivity index (χ1n) is 4.74. The molecule has 0 saturated carbocycles. The molecule has 0 aliphatic rings. The Balaban J connectivity index is 1.99. The van der Waals surface area contributed by atoms with Crippen LogP contribution < -0.4 is 5.32 Å². The lowest BCUT2D eigenvalue weighted by molar-refractivity contribution is 0.628. The van der Waals surface area contributed by atoms with Gasteiger partial charge in [0.15, 0.2) is 0 Å². The first-order chi connectivity index (χ1) is 7.25. The number of benzene rings is 1. The molecule has 0 unspecified atom stereocenters. The minimum absolute atomic E-state index is 0.225. The topological polar surface area (TPSA) is 40.7 Å². The Kier molecular flexibility index (Phi) is 2.67. The van der Waals surface area contributed by atoms with Crippen LogP contribution in [0.1, 0.15) is 11.4 Å². The summed E-state index contributed by atoms with van der Waals surface area (Å²) in [6.45, 7) is 2.61. The maximum Gasteiger partial charge on any atom is 0.123 e. The van der Waals surface area contributed by atoms with Gasteiger partial charge in [-0.05, 0) is 31.2 Å². The summed E-state index contributed by atoms with van der Waals surface area (Å²) < 4.78 is 12.6. The Labute approximate surface area is 87.4 Å². The zero-order valence-corrected chi connectivity index (χ0v) is 8.42. The number of hydrogen-bond acceptors (Lipinski definition) is 2. The second-order valence-electron chi connectivity index (χ2n) is 3.33. The summed E-state index contributed by atoms with van der Waals surface area (Å²) in [5, 5.41) is 3.17. The number of rotatable bonds is 3. The Morgan fingerprint density at radius 2 is 2.07 bits per heavy atom. The third-order valence-electron chi connectivity index (χ3n) is 2.24. The van der Waals surface area contributed by atoms with Gasteiger partial charge in [0.2, 0.25) is 0 Å². The Morgan fingerprint density at radius 1 is 1.33 bits per heavy atom. The van der Waals surface area contributed by atoms with Crippen molar-refractivity contribution >= 4 is 5.69 Å². The van der Waals surface area contributed by atoms with Crippen molar-refractivity contribution in [2.75, 3.05) is 5.32 Å². The second-order valence-corrected chi connectivity index (χ2v) is 3.33. The smallest absolute Gasteiger partial charge is 0.123 e. The van der Waals surface area contributed by atoms with E-state index in [1.165, 1.54) is 12.1 Å². The number of H-pyrrole nitrogens is 1. The molecule has 4 heteroatoms. The van der Waals surface area contributed by atoms with Crippen LogP contribution in [0.15, 0.2) is 30.6 Å². The molecule has 0 bridgehead atoms. The number of nitrogens with zero attached hydrogens (tertiary/aromatic N) is 1. The highest BCUT2D eigenvalue weighted by Crippen LogP contribution is 2.10. The lowest BCUT2D eigenvalue weighted by Gasteiger charge is -2.04. The summed E-state index contributed by atoms with van der Waals surface area (Å²) >= 11 is 0. The highest BCUT2D eigenvalue weighted by molar-refractivity contribution is 5.43. The molecule has 2 N–H and O–H groups in total. The minimum atomic E-state index is -0.225. The molecule has 15 heavy (non-hydrogen) atoms. The predicted molar refractivity (Wildman–Crippen MR) is 57.1 cm³/mol. The highest BCUT2D eigenvalue weighted by Gasteiger charge is 2.00. The third-order valence-corrected chi connectivity index (χ3v) is 2.24. The average molecular weight is 205 g/mol. The van der Waals surface area contributed by atoms with Gasteiger partial charge in [-0.3, -0.25) is 0 Å². The van der Waals surface area contributed by atoms with Gasteiger partial charge >= 0.3 is 0 Å². The number of anilines is 1. The van der Waals surface area contributed by atoms with Crippen molar-refractivity contribution in [3.8, 4) is 0 Å². The van der Waals surface area contributed by atoms with Crippen LogP contribution in [-0.2, 0) is 6.54 Å². The van der Waals surface area contributed by atoms with Crippen molar-refractivity contribution in [1.29, 1.82) is 0 Å². The van der Waals surface area contributed by atoms with Gasteiger partial charge < -0.3 is 10.3 Å². The van der Waals surface area contributed by atoms with Gasteiger partial charge in [0.25, 0.3) is 0 Å². The lowest BCUT2D eigenvalue weighted by Crippen LogP contribution is -2.01. The molecule has 0 radical (unpaired) electrons. The number of nitrogens with one attached hydrogen (secondary N) is 2. The fraction of sp³-hybridized carbons (Fsp3) is 0.182. The van der Waals surface area contributed by atoms with E-state index in [9.17, 15) is 4.39 Å². The molecule has 2 aromatic rings. The number of aromatic nitrogens is 2. The summed E-state index contributed by atoms with van der Waals surface area (Å²) in [4.78, 5) is 7.16. The van der Waals surface area contributed by atoms with E-state index in [1.807, 2.05) is 6.92 Å². The molecular formula is C11H12FN3. The Bertz CT molecular complexity index is 433. The van der Waals surface area contributed by atoms with Crippen LogP contribution in [0.5, 0.6) is 0 Å². The molecule has 78 valence electrons. The van der Waals surface area contributed by atoms with E-state index < -0.39 is 0 Å². The quantitative estimate of drug-likeness (QED) is 0.808. The monoisotopic (exact) mass is 205 g/mol. The lowest BCUT2D eigenvalue weighted by atomic mass is 10.3. The molecule has 0 fully saturated rings. The van der Waals surface area contributed by atoms with E-state index in [-0.39, 0.29) is 5.82 Å². The maximum absolute atomic E-state index is 12.6. The van der Waals surface area contributed by atoms with Crippen molar-refractivity contribution < 1.29 is 4.39 Å².